The van der Waals surface area contributed by atoms with Crippen LogP contribution in [0.2, 0.25) is 0 Å². The number of benzene rings is 1. The Bertz CT molecular complexity index is 393. The van der Waals surface area contributed by atoms with Crippen molar-refractivity contribution in [3.63, 3.8) is 0 Å². The SMILES string of the molecule is COC(=O)CSc1ccccc1NC(C)=O. The van der Waals surface area contributed by atoms with E-state index in [4.69, 9.17) is 0 Å². The van der Waals surface area contributed by atoms with E-state index in [2.05, 4.69) is 10.1 Å². The summed E-state index contributed by atoms with van der Waals surface area (Å²) in [6.07, 6.45) is 0. The Morgan fingerprint density at radius 2 is 2.06 bits per heavy atom. The van der Waals surface area contributed by atoms with Crippen LogP contribution in [0, 0.1) is 0 Å². The summed E-state index contributed by atoms with van der Waals surface area (Å²) in [5.74, 6) is -0.193. The van der Waals surface area contributed by atoms with Gasteiger partial charge in [-0.25, -0.2) is 0 Å². The first-order valence-electron chi connectivity index (χ1n) is 4.69. The van der Waals surface area contributed by atoms with E-state index >= 15 is 0 Å². The van der Waals surface area contributed by atoms with Crippen LogP contribution in [-0.2, 0) is 14.3 Å². The molecule has 4 nitrogen and oxygen atoms in total. The smallest absolute Gasteiger partial charge is 0.315 e. The molecule has 0 spiro atoms. The number of hydrogen-bond donors (Lipinski definition) is 1. The third-order valence-electron chi connectivity index (χ3n) is 1.77. The van der Waals surface area contributed by atoms with Crippen LogP contribution in [0.5, 0.6) is 0 Å². The second-order valence-corrected chi connectivity index (χ2v) is 4.06. The highest BCUT2D eigenvalue weighted by Crippen LogP contribution is 2.26. The molecule has 1 rings (SSSR count). The third-order valence-corrected chi connectivity index (χ3v) is 2.82. The van der Waals surface area contributed by atoms with Gasteiger partial charge in [0.05, 0.1) is 18.6 Å². The van der Waals surface area contributed by atoms with Crippen LogP contribution in [0.25, 0.3) is 0 Å². The van der Waals surface area contributed by atoms with Crippen LogP contribution < -0.4 is 5.32 Å². The highest BCUT2D eigenvalue weighted by Gasteiger charge is 2.06. The van der Waals surface area contributed by atoms with Gasteiger partial charge in [0.1, 0.15) is 0 Å². The number of esters is 1. The molecule has 0 aromatic heterocycles. The van der Waals surface area contributed by atoms with E-state index in [9.17, 15) is 9.59 Å². The molecular weight excluding hydrogens is 226 g/mol. The standard InChI is InChI=1S/C11H13NO3S/c1-8(13)12-9-5-3-4-6-10(9)16-7-11(14)15-2/h3-6H,7H2,1-2H3,(H,12,13). The Morgan fingerprint density at radius 1 is 1.38 bits per heavy atom. The van der Waals surface area contributed by atoms with Crippen LogP contribution in [0.4, 0.5) is 5.69 Å². The van der Waals surface area contributed by atoms with E-state index in [-0.39, 0.29) is 17.6 Å². The van der Waals surface area contributed by atoms with Crippen molar-refractivity contribution in [3.05, 3.63) is 24.3 Å². The molecule has 1 N–H and O–H groups in total. The van der Waals surface area contributed by atoms with Crippen molar-refractivity contribution >= 4 is 29.3 Å². The fourth-order valence-electron chi connectivity index (χ4n) is 1.08. The zero-order valence-corrected chi connectivity index (χ0v) is 9.97. The van der Waals surface area contributed by atoms with Crippen molar-refractivity contribution in [3.8, 4) is 0 Å². The number of anilines is 1. The summed E-state index contributed by atoms with van der Waals surface area (Å²) >= 11 is 1.33. The van der Waals surface area contributed by atoms with E-state index < -0.39 is 0 Å². The van der Waals surface area contributed by atoms with Gasteiger partial charge in [0.15, 0.2) is 0 Å². The summed E-state index contributed by atoms with van der Waals surface area (Å²) < 4.78 is 4.55. The van der Waals surface area contributed by atoms with Crippen LogP contribution in [-0.4, -0.2) is 24.7 Å². The first-order chi connectivity index (χ1) is 7.63. The lowest BCUT2D eigenvalue weighted by molar-refractivity contribution is -0.137. The number of nitrogens with one attached hydrogen (secondary N) is 1. The Kier molecular flexibility index (Phi) is 4.85. The number of rotatable bonds is 4. The number of thioether (sulfide) groups is 1. The van der Waals surface area contributed by atoms with E-state index in [1.54, 1.807) is 6.07 Å². The average molecular weight is 239 g/mol. The molecule has 0 fully saturated rings. The molecule has 0 saturated carbocycles. The molecule has 5 heteroatoms. The summed E-state index contributed by atoms with van der Waals surface area (Å²) in [5.41, 5.74) is 0.712. The highest BCUT2D eigenvalue weighted by molar-refractivity contribution is 8.00. The fourth-order valence-corrected chi connectivity index (χ4v) is 1.92. The predicted molar refractivity (Wildman–Crippen MR) is 63.5 cm³/mol. The van der Waals surface area contributed by atoms with Crippen molar-refractivity contribution < 1.29 is 14.3 Å². The number of hydrogen-bond acceptors (Lipinski definition) is 4. The molecule has 1 aromatic carbocycles. The monoisotopic (exact) mass is 239 g/mol. The quantitative estimate of drug-likeness (QED) is 0.644. The Labute approximate surface area is 98.4 Å². The number of methoxy groups -OCH3 is 1. The summed E-state index contributed by atoms with van der Waals surface area (Å²) in [4.78, 5) is 22.8. The Morgan fingerprint density at radius 3 is 2.69 bits per heavy atom. The van der Waals surface area contributed by atoms with Gasteiger partial charge in [-0.3, -0.25) is 9.59 Å². The normalized spacial score (nSPS) is 9.62. The molecule has 0 aliphatic rings. The van der Waals surface area contributed by atoms with Gasteiger partial charge in [-0.1, -0.05) is 12.1 Å². The molecule has 0 aliphatic heterocycles. The first kappa shape index (κ1) is 12.6. The highest BCUT2D eigenvalue weighted by atomic mass is 32.2. The van der Waals surface area contributed by atoms with E-state index in [0.717, 1.165) is 4.90 Å². The molecule has 0 aliphatic carbocycles. The van der Waals surface area contributed by atoms with Gasteiger partial charge in [-0.2, -0.15) is 0 Å². The summed E-state index contributed by atoms with van der Waals surface area (Å²) in [7, 11) is 1.35. The largest absolute Gasteiger partial charge is 0.468 e. The molecule has 1 amide bonds. The van der Waals surface area contributed by atoms with Gasteiger partial charge in [0, 0.05) is 11.8 Å². The average Bonchev–Trinajstić information content (AvgIpc) is 2.26. The van der Waals surface area contributed by atoms with Gasteiger partial charge in [0.2, 0.25) is 5.91 Å². The fraction of sp³-hybridized carbons (Fsp3) is 0.273. The number of para-hydroxylation sites is 1. The summed E-state index contributed by atoms with van der Waals surface area (Å²) in [6.45, 7) is 1.45. The van der Waals surface area contributed by atoms with Crippen molar-refractivity contribution in [2.24, 2.45) is 0 Å². The van der Waals surface area contributed by atoms with Crippen LogP contribution >= 0.6 is 11.8 Å². The lowest BCUT2D eigenvalue weighted by Crippen LogP contribution is -2.07. The molecule has 0 bridgehead atoms. The molecule has 0 atom stereocenters. The minimum Gasteiger partial charge on any atom is -0.468 e. The number of amides is 1. The maximum absolute atomic E-state index is 11.0. The maximum Gasteiger partial charge on any atom is 0.315 e. The van der Waals surface area contributed by atoms with Crippen molar-refractivity contribution in [2.75, 3.05) is 18.2 Å². The molecule has 0 radical (unpaired) electrons. The number of ether oxygens (including phenoxy) is 1. The van der Waals surface area contributed by atoms with Crippen molar-refractivity contribution in [1.29, 1.82) is 0 Å². The lowest BCUT2D eigenvalue weighted by Gasteiger charge is -2.08. The van der Waals surface area contributed by atoms with Crippen LogP contribution in [0.1, 0.15) is 6.92 Å². The van der Waals surface area contributed by atoms with Crippen molar-refractivity contribution in [1.82, 2.24) is 0 Å². The minimum absolute atomic E-state index is 0.133. The van der Waals surface area contributed by atoms with Crippen LogP contribution in [0.3, 0.4) is 0 Å². The zero-order valence-electron chi connectivity index (χ0n) is 9.15. The van der Waals surface area contributed by atoms with Gasteiger partial charge in [-0.15, -0.1) is 11.8 Å². The second kappa shape index (κ2) is 6.17. The number of carbonyl (C=O) groups excluding carboxylic acids is 2. The molecule has 16 heavy (non-hydrogen) atoms. The van der Waals surface area contributed by atoms with Gasteiger partial charge < -0.3 is 10.1 Å². The van der Waals surface area contributed by atoms with Crippen molar-refractivity contribution in [2.45, 2.75) is 11.8 Å². The third kappa shape index (κ3) is 3.94. The van der Waals surface area contributed by atoms with E-state index in [1.807, 2.05) is 18.2 Å². The Hall–Kier alpha value is -1.49. The minimum atomic E-state index is -0.289. The van der Waals surface area contributed by atoms with Gasteiger partial charge in [-0.05, 0) is 12.1 Å². The van der Waals surface area contributed by atoms with E-state index in [0.29, 0.717) is 5.69 Å². The maximum atomic E-state index is 11.0. The first-order valence-corrected chi connectivity index (χ1v) is 5.68. The molecule has 0 heterocycles. The lowest BCUT2D eigenvalue weighted by atomic mass is 10.3. The summed E-state index contributed by atoms with van der Waals surface area (Å²) in [5, 5.41) is 2.70. The number of carbonyl (C=O) groups is 2. The van der Waals surface area contributed by atoms with Gasteiger partial charge >= 0.3 is 5.97 Å². The molecule has 1 aromatic rings. The molecule has 86 valence electrons. The molecule has 0 saturated heterocycles. The van der Waals surface area contributed by atoms with Gasteiger partial charge in [0.25, 0.3) is 0 Å². The van der Waals surface area contributed by atoms with E-state index in [1.165, 1.54) is 25.8 Å². The van der Waals surface area contributed by atoms with Crippen LogP contribution in [0.15, 0.2) is 29.2 Å². The summed E-state index contributed by atoms with van der Waals surface area (Å²) in [6, 6.07) is 7.32. The Balaban J connectivity index is 2.70. The molecule has 0 unspecified atom stereocenters. The zero-order chi connectivity index (χ0) is 12.0. The molecular formula is C11H13NO3S. The second-order valence-electron chi connectivity index (χ2n) is 3.04. The topological polar surface area (TPSA) is 55.4 Å². The predicted octanol–water partition coefficient (Wildman–Crippen LogP) is 1.91.